The molecule has 0 spiro atoms. The predicted molar refractivity (Wildman–Crippen MR) is 76.0 cm³/mol. The molecule has 0 saturated carbocycles. The number of carbonyl (C=O) groups is 2. The Kier molecular flexibility index (Phi) is 3.78. The zero-order valence-corrected chi connectivity index (χ0v) is 12.0. The van der Waals surface area contributed by atoms with Gasteiger partial charge in [0.25, 0.3) is 11.9 Å². The monoisotopic (exact) mass is 275 g/mol. The average molecular weight is 275 g/mol. The number of rotatable bonds is 2. The van der Waals surface area contributed by atoms with Gasteiger partial charge in [-0.1, -0.05) is 6.92 Å². The summed E-state index contributed by atoms with van der Waals surface area (Å²) in [6, 6.07) is 1.70. The van der Waals surface area contributed by atoms with Crippen LogP contribution in [-0.4, -0.2) is 33.3 Å². The summed E-state index contributed by atoms with van der Waals surface area (Å²) in [5.41, 5.74) is 1.42. The lowest BCUT2D eigenvalue weighted by atomic mass is 10.00. The van der Waals surface area contributed by atoms with Gasteiger partial charge in [0.15, 0.2) is 0 Å². The summed E-state index contributed by atoms with van der Waals surface area (Å²) >= 11 is 0. The van der Waals surface area contributed by atoms with E-state index in [0.29, 0.717) is 23.6 Å². The van der Waals surface area contributed by atoms with Gasteiger partial charge in [-0.25, -0.2) is 4.99 Å². The first-order valence-electron chi connectivity index (χ1n) is 6.44. The minimum absolute atomic E-state index is 0.189. The van der Waals surface area contributed by atoms with Crippen molar-refractivity contribution in [2.24, 2.45) is 15.9 Å². The molecule has 106 valence electrons. The Labute approximate surface area is 116 Å². The van der Waals surface area contributed by atoms with E-state index in [1.54, 1.807) is 19.9 Å². The Morgan fingerprint density at radius 1 is 1.40 bits per heavy atom. The minimum Gasteiger partial charge on any atom is -0.311 e. The third-order valence-corrected chi connectivity index (χ3v) is 3.02. The molecule has 0 saturated heterocycles. The first-order valence-corrected chi connectivity index (χ1v) is 6.44. The highest BCUT2D eigenvalue weighted by Gasteiger charge is 2.26. The van der Waals surface area contributed by atoms with Crippen LogP contribution in [0.1, 0.15) is 32.9 Å². The standard InChI is InChI=1S/C13H17N5O2/c1-5-10-8(3)14-13(16-12(10)20)18-11(15-9(4)19)6-7(2)17-18/h6,10H,5H2,1-4H3,(H,15,19). The quantitative estimate of drug-likeness (QED) is 0.884. The number of hydrogen-bond acceptors (Lipinski definition) is 4. The van der Waals surface area contributed by atoms with Crippen molar-refractivity contribution in [2.75, 3.05) is 5.32 Å². The molecule has 1 aromatic heterocycles. The van der Waals surface area contributed by atoms with Gasteiger partial charge in [-0.3, -0.25) is 9.59 Å². The molecule has 1 unspecified atom stereocenters. The van der Waals surface area contributed by atoms with Crippen LogP contribution in [0, 0.1) is 12.8 Å². The number of anilines is 1. The fraction of sp³-hybridized carbons (Fsp3) is 0.462. The van der Waals surface area contributed by atoms with Crippen LogP contribution in [0.5, 0.6) is 0 Å². The van der Waals surface area contributed by atoms with Crippen molar-refractivity contribution in [1.82, 2.24) is 9.78 Å². The zero-order chi connectivity index (χ0) is 14.9. The van der Waals surface area contributed by atoms with Gasteiger partial charge in [0, 0.05) is 18.7 Å². The number of hydrogen-bond donors (Lipinski definition) is 1. The Hall–Kier alpha value is -2.31. The molecule has 2 heterocycles. The highest BCUT2D eigenvalue weighted by molar-refractivity contribution is 6.15. The third-order valence-electron chi connectivity index (χ3n) is 3.02. The van der Waals surface area contributed by atoms with Gasteiger partial charge in [-0.05, 0) is 20.3 Å². The minimum atomic E-state index is -0.264. The zero-order valence-electron chi connectivity index (χ0n) is 12.0. The summed E-state index contributed by atoms with van der Waals surface area (Å²) in [4.78, 5) is 31.5. The normalized spacial score (nSPS) is 18.6. The molecule has 0 bridgehead atoms. The van der Waals surface area contributed by atoms with Gasteiger partial charge in [0.1, 0.15) is 5.82 Å². The lowest BCUT2D eigenvalue weighted by Crippen LogP contribution is -2.30. The fourth-order valence-corrected chi connectivity index (χ4v) is 2.10. The number of nitrogens with zero attached hydrogens (tertiary/aromatic N) is 4. The molecule has 2 amide bonds. The molecule has 1 aromatic rings. The summed E-state index contributed by atoms with van der Waals surface area (Å²) in [5.74, 6) is -0.0697. The maximum absolute atomic E-state index is 12.0. The topological polar surface area (TPSA) is 88.7 Å². The second kappa shape index (κ2) is 5.36. The van der Waals surface area contributed by atoms with Crippen LogP contribution in [-0.2, 0) is 9.59 Å². The molecule has 0 aromatic carbocycles. The molecule has 0 radical (unpaired) electrons. The molecule has 1 aliphatic heterocycles. The largest absolute Gasteiger partial charge is 0.311 e. The van der Waals surface area contributed by atoms with Crippen LogP contribution in [0.4, 0.5) is 5.82 Å². The summed E-state index contributed by atoms with van der Waals surface area (Å²) in [7, 11) is 0. The van der Waals surface area contributed by atoms with E-state index in [1.807, 2.05) is 6.92 Å². The van der Waals surface area contributed by atoms with Crippen molar-refractivity contribution in [3.8, 4) is 0 Å². The van der Waals surface area contributed by atoms with Crippen molar-refractivity contribution < 1.29 is 9.59 Å². The van der Waals surface area contributed by atoms with Crippen molar-refractivity contribution in [2.45, 2.75) is 34.1 Å². The number of carbonyl (C=O) groups excluding carboxylic acids is 2. The van der Waals surface area contributed by atoms with Gasteiger partial charge in [0.05, 0.1) is 11.6 Å². The van der Waals surface area contributed by atoms with Crippen molar-refractivity contribution >= 4 is 29.3 Å². The molecule has 20 heavy (non-hydrogen) atoms. The predicted octanol–water partition coefficient (Wildman–Crippen LogP) is 1.38. The van der Waals surface area contributed by atoms with E-state index in [0.717, 1.165) is 0 Å². The Morgan fingerprint density at radius 2 is 2.10 bits per heavy atom. The smallest absolute Gasteiger partial charge is 0.257 e. The van der Waals surface area contributed by atoms with Crippen LogP contribution in [0.3, 0.4) is 0 Å². The van der Waals surface area contributed by atoms with Crippen LogP contribution in [0.15, 0.2) is 16.1 Å². The van der Waals surface area contributed by atoms with Crippen LogP contribution in [0.2, 0.25) is 0 Å². The van der Waals surface area contributed by atoms with Gasteiger partial charge in [-0.2, -0.15) is 14.8 Å². The number of aromatic nitrogens is 2. The summed E-state index contributed by atoms with van der Waals surface area (Å²) < 4.78 is 1.38. The molecule has 0 fully saturated rings. The van der Waals surface area contributed by atoms with Gasteiger partial charge in [-0.15, -0.1) is 0 Å². The number of aryl methyl sites for hydroxylation is 1. The SMILES string of the molecule is CCC1C(=O)N=C(n2nc(C)cc2NC(C)=O)N=C1C. The Morgan fingerprint density at radius 3 is 2.65 bits per heavy atom. The maximum atomic E-state index is 12.0. The fourth-order valence-electron chi connectivity index (χ4n) is 2.10. The summed E-state index contributed by atoms with van der Waals surface area (Å²) in [6.07, 6.45) is 0.668. The Bertz CT molecular complexity index is 627. The molecule has 7 nitrogen and oxygen atoms in total. The first-order chi connectivity index (χ1) is 9.42. The lowest BCUT2D eigenvalue weighted by molar-refractivity contribution is -0.119. The third kappa shape index (κ3) is 2.66. The molecular weight excluding hydrogens is 258 g/mol. The molecule has 2 rings (SSSR count). The van der Waals surface area contributed by atoms with E-state index in [4.69, 9.17) is 0 Å². The molecular formula is C13H17N5O2. The summed E-state index contributed by atoms with van der Waals surface area (Å²) in [5, 5.41) is 6.87. The van der Waals surface area contributed by atoms with Crippen LogP contribution in [0.25, 0.3) is 0 Å². The molecule has 1 aliphatic rings. The Balaban J connectivity index is 2.42. The van der Waals surface area contributed by atoms with Crippen LogP contribution < -0.4 is 5.32 Å². The van der Waals surface area contributed by atoms with E-state index in [-0.39, 0.29) is 23.7 Å². The van der Waals surface area contributed by atoms with E-state index in [9.17, 15) is 9.59 Å². The van der Waals surface area contributed by atoms with E-state index in [1.165, 1.54) is 11.6 Å². The number of nitrogens with one attached hydrogen (secondary N) is 1. The molecule has 1 N–H and O–H groups in total. The molecule has 1 atom stereocenters. The van der Waals surface area contributed by atoms with Crippen molar-refractivity contribution in [3.63, 3.8) is 0 Å². The maximum Gasteiger partial charge on any atom is 0.257 e. The van der Waals surface area contributed by atoms with E-state index < -0.39 is 0 Å². The van der Waals surface area contributed by atoms with Gasteiger partial charge in [0.2, 0.25) is 5.91 Å². The highest BCUT2D eigenvalue weighted by atomic mass is 16.2. The van der Waals surface area contributed by atoms with Crippen molar-refractivity contribution in [1.29, 1.82) is 0 Å². The van der Waals surface area contributed by atoms with E-state index in [2.05, 4.69) is 20.4 Å². The molecule has 7 heteroatoms. The second-order valence-corrected chi connectivity index (χ2v) is 4.73. The first kappa shape index (κ1) is 14.1. The highest BCUT2D eigenvalue weighted by Crippen LogP contribution is 2.17. The van der Waals surface area contributed by atoms with Crippen LogP contribution >= 0.6 is 0 Å². The average Bonchev–Trinajstić information content (AvgIpc) is 2.68. The number of aliphatic imine (C=N–C) groups is 2. The number of amides is 2. The second-order valence-electron chi connectivity index (χ2n) is 4.73. The lowest BCUT2D eigenvalue weighted by Gasteiger charge is -2.17. The van der Waals surface area contributed by atoms with Gasteiger partial charge < -0.3 is 5.32 Å². The van der Waals surface area contributed by atoms with Crippen molar-refractivity contribution in [3.05, 3.63) is 11.8 Å². The van der Waals surface area contributed by atoms with Gasteiger partial charge >= 0.3 is 0 Å². The van der Waals surface area contributed by atoms with E-state index >= 15 is 0 Å². The summed E-state index contributed by atoms with van der Waals surface area (Å²) in [6.45, 7) is 6.92. The molecule has 0 aliphatic carbocycles.